The highest BCUT2D eigenvalue weighted by Gasteiger charge is 2.33. The van der Waals surface area contributed by atoms with E-state index < -0.39 is 10.0 Å². The van der Waals surface area contributed by atoms with Crippen molar-refractivity contribution in [1.29, 1.82) is 0 Å². The van der Waals surface area contributed by atoms with Gasteiger partial charge in [-0.15, -0.1) is 11.8 Å². The van der Waals surface area contributed by atoms with Gasteiger partial charge in [-0.2, -0.15) is 4.31 Å². The number of para-hydroxylation sites is 1. The Kier molecular flexibility index (Phi) is 11.3. The van der Waals surface area contributed by atoms with E-state index in [9.17, 15) is 13.2 Å². The van der Waals surface area contributed by atoms with Crippen molar-refractivity contribution in [3.8, 4) is 0 Å². The van der Waals surface area contributed by atoms with E-state index in [2.05, 4.69) is 37.5 Å². The molecule has 1 atom stereocenters. The molecular weight excluding hydrogens is 575 g/mol. The van der Waals surface area contributed by atoms with Crippen LogP contribution in [0.1, 0.15) is 43.9 Å². The summed E-state index contributed by atoms with van der Waals surface area (Å²) in [4.78, 5) is 19.5. The van der Waals surface area contributed by atoms with Crippen molar-refractivity contribution in [2.24, 2.45) is 0 Å². The minimum atomic E-state index is -3.64. The molecule has 1 heterocycles. The molecule has 0 aliphatic carbocycles. The molecule has 1 aliphatic heterocycles. The van der Waals surface area contributed by atoms with Crippen LogP contribution in [-0.4, -0.2) is 55.8 Å². The summed E-state index contributed by atoms with van der Waals surface area (Å²) >= 11 is 1.51. The quantitative estimate of drug-likeness (QED) is 0.161. The second-order valence-electron chi connectivity index (χ2n) is 10.8. The van der Waals surface area contributed by atoms with Crippen LogP contribution in [0.4, 0.5) is 5.69 Å². The summed E-state index contributed by atoms with van der Waals surface area (Å²) in [6.07, 6.45) is 3.21. The number of benzene rings is 3. The Labute approximate surface area is 262 Å². The smallest absolute Gasteiger partial charge is 0.267 e. The third kappa shape index (κ3) is 7.61. The zero-order valence-electron chi connectivity index (χ0n) is 25.7. The van der Waals surface area contributed by atoms with Gasteiger partial charge in [-0.3, -0.25) is 4.79 Å². The normalized spacial score (nSPS) is 15.5. The van der Waals surface area contributed by atoms with Crippen LogP contribution in [0.25, 0.3) is 0 Å². The maximum atomic E-state index is 14.5. The highest BCUT2D eigenvalue weighted by atomic mass is 32.2. The number of amides is 1. The van der Waals surface area contributed by atoms with E-state index in [1.165, 1.54) is 11.8 Å². The fourth-order valence-corrected chi connectivity index (χ4v) is 8.12. The number of carbonyl (C=O) groups is 1. The lowest BCUT2D eigenvalue weighted by atomic mass is 10.1. The van der Waals surface area contributed by atoms with Crippen molar-refractivity contribution in [3.05, 3.63) is 119 Å². The molecule has 1 saturated heterocycles. The molecule has 1 amide bonds. The van der Waals surface area contributed by atoms with Gasteiger partial charge >= 0.3 is 0 Å². The maximum absolute atomic E-state index is 14.5. The van der Waals surface area contributed by atoms with Crippen molar-refractivity contribution in [2.75, 3.05) is 31.1 Å². The van der Waals surface area contributed by atoms with E-state index in [1.807, 2.05) is 79.4 Å². The molecule has 3 aromatic rings. The second kappa shape index (κ2) is 14.9. The molecule has 4 rings (SSSR count). The number of hydrogen-bond acceptors (Lipinski definition) is 5. The van der Waals surface area contributed by atoms with Crippen LogP contribution < -0.4 is 4.90 Å². The lowest BCUT2D eigenvalue weighted by Gasteiger charge is -2.37. The molecule has 8 heteroatoms. The number of thioether (sulfide) groups is 1. The first-order chi connectivity index (χ1) is 20.7. The summed E-state index contributed by atoms with van der Waals surface area (Å²) in [5, 5.41) is 0. The molecule has 1 fully saturated rings. The summed E-state index contributed by atoms with van der Waals surface area (Å²) in [6.45, 7) is 13.8. The molecule has 43 heavy (non-hydrogen) atoms. The Morgan fingerprint density at radius 1 is 0.977 bits per heavy atom. The summed E-state index contributed by atoms with van der Waals surface area (Å²) < 4.78 is 29.0. The zero-order valence-corrected chi connectivity index (χ0v) is 27.3. The fraction of sp³-hybridized carbons (Fsp3) is 0.343. The van der Waals surface area contributed by atoms with E-state index in [4.69, 9.17) is 0 Å². The zero-order chi connectivity index (χ0) is 31.0. The van der Waals surface area contributed by atoms with E-state index in [0.29, 0.717) is 48.2 Å². The van der Waals surface area contributed by atoms with Crippen molar-refractivity contribution in [2.45, 2.75) is 57.2 Å². The number of anilines is 1. The number of hydrogen-bond donors (Lipinski definition) is 0. The lowest BCUT2D eigenvalue weighted by molar-refractivity contribution is -0.115. The Morgan fingerprint density at radius 2 is 1.60 bits per heavy atom. The van der Waals surface area contributed by atoms with E-state index >= 15 is 0 Å². The minimum Gasteiger partial charge on any atom is -0.368 e. The van der Waals surface area contributed by atoms with Crippen LogP contribution in [-0.2, 0) is 27.0 Å². The van der Waals surface area contributed by atoms with Crippen LogP contribution >= 0.6 is 11.8 Å². The minimum absolute atomic E-state index is 0.0162. The van der Waals surface area contributed by atoms with Gasteiger partial charge in [0.25, 0.3) is 5.91 Å². The SMILES string of the molecule is C=C/C(=C(/SCc1ccccc1)C(=O)N(c1ccccc1)C(C)CC)N1CCN(S(=O)(=O)c2ccc(C)cc2CC)CC1. The molecule has 0 bridgehead atoms. The third-order valence-corrected chi connectivity index (χ3v) is 11.1. The van der Waals surface area contributed by atoms with Gasteiger partial charge in [-0.1, -0.05) is 86.7 Å². The molecule has 0 spiro atoms. The summed E-state index contributed by atoms with van der Waals surface area (Å²) in [5.74, 6) is 0.558. The third-order valence-electron chi connectivity index (χ3n) is 7.93. The van der Waals surface area contributed by atoms with E-state index in [-0.39, 0.29) is 11.9 Å². The second-order valence-corrected chi connectivity index (χ2v) is 13.7. The van der Waals surface area contributed by atoms with Crippen LogP contribution in [0.2, 0.25) is 0 Å². The Balaban J connectivity index is 1.66. The first kappa shape index (κ1) is 32.6. The van der Waals surface area contributed by atoms with Crippen molar-refractivity contribution >= 4 is 33.4 Å². The monoisotopic (exact) mass is 617 g/mol. The van der Waals surface area contributed by atoms with Gasteiger partial charge in [-0.25, -0.2) is 8.42 Å². The highest BCUT2D eigenvalue weighted by molar-refractivity contribution is 8.03. The van der Waals surface area contributed by atoms with E-state index in [1.54, 1.807) is 16.4 Å². The molecule has 6 nitrogen and oxygen atoms in total. The van der Waals surface area contributed by atoms with Gasteiger partial charge in [0.1, 0.15) is 0 Å². The molecule has 0 N–H and O–H groups in total. The predicted molar refractivity (Wildman–Crippen MR) is 180 cm³/mol. The van der Waals surface area contributed by atoms with Crippen molar-refractivity contribution in [1.82, 2.24) is 9.21 Å². The number of rotatable bonds is 12. The van der Waals surface area contributed by atoms with Crippen LogP contribution in [0.15, 0.2) is 107 Å². The first-order valence-electron chi connectivity index (χ1n) is 15.0. The number of sulfonamides is 1. The first-order valence-corrected chi connectivity index (χ1v) is 17.4. The van der Waals surface area contributed by atoms with Crippen LogP contribution in [0.5, 0.6) is 0 Å². The number of carbonyl (C=O) groups excluding carboxylic acids is 1. The average Bonchev–Trinajstić information content (AvgIpc) is 3.03. The van der Waals surface area contributed by atoms with Crippen molar-refractivity contribution < 1.29 is 13.2 Å². The average molecular weight is 618 g/mol. The van der Waals surface area contributed by atoms with Crippen molar-refractivity contribution in [3.63, 3.8) is 0 Å². The fourth-order valence-electron chi connectivity index (χ4n) is 5.34. The Hall–Kier alpha value is -3.33. The molecule has 0 aromatic heterocycles. The predicted octanol–water partition coefficient (Wildman–Crippen LogP) is 7.03. The molecule has 0 saturated carbocycles. The van der Waals surface area contributed by atoms with Gasteiger partial charge in [0.2, 0.25) is 10.0 Å². The number of piperazine rings is 1. The highest BCUT2D eigenvalue weighted by Crippen LogP contribution is 2.33. The largest absolute Gasteiger partial charge is 0.368 e. The van der Waals surface area contributed by atoms with Gasteiger partial charge in [0.15, 0.2) is 0 Å². The molecule has 0 radical (unpaired) electrons. The van der Waals surface area contributed by atoms with E-state index in [0.717, 1.165) is 34.5 Å². The number of aryl methyl sites for hydroxylation is 2. The molecular formula is C35H43N3O3S2. The summed E-state index contributed by atoms with van der Waals surface area (Å²) in [7, 11) is -3.64. The standard InChI is InChI=1S/C35H43N3O3S2/c1-6-28(5)38(31-17-13-10-14-18-31)35(39)34(42-26-29-15-11-9-12-16-29)32(8-3)36-21-23-37(24-22-36)43(40,41)33-20-19-27(4)25-30(33)7-2/h8-20,25,28H,3,6-7,21-24,26H2,1-2,4-5H3/b34-32-. The Bertz CT molecular complexity index is 1530. The van der Waals surface area contributed by atoms with Gasteiger partial charge in [0.05, 0.1) is 15.5 Å². The Morgan fingerprint density at radius 3 is 2.19 bits per heavy atom. The molecule has 1 aliphatic rings. The number of allylic oxidation sites excluding steroid dienone is 1. The summed E-state index contributed by atoms with van der Waals surface area (Å²) in [5.41, 5.74) is 4.61. The molecule has 1 unspecified atom stereocenters. The molecule has 228 valence electrons. The van der Waals surface area contributed by atoms with Crippen LogP contribution in [0.3, 0.4) is 0 Å². The van der Waals surface area contributed by atoms with Gasteiger partial charge in [-0.05, 0) is 62.1 Å². The van der Waals surface area contributed by atoms with Gasteiger partial charge < -0.3 is 9.80 Å². The van der Waals surface area contributed by atoms with Crippen LogP contribution in [0, 0.1) is 6.92 Å². The number of nitrogens with zero attached hydrogens (tertiary/aromatic N) is 3. The summed E-state index contributed by atoms with van der Waals surface area (Å²) in [6, 6.07) is 25.4. The molecule has 3 aromatic carbocycles. The lowest BCUT2D eigenvalue weighted by Crippen LogP contribution is -2.48. The topological polar surface area (TPSA) is 60.9 Å². The van der Waals surface area contributed by atoms with Gasteiger partial charge in [0, 0.05) is 43.7 Å². The maximum Gasteiger partial charge on any atom is 0.267 e.